The van der Waals surface area contributed by atoms with Crippen LogP contribution in [0.2, 0.25) is 0 Å². The number of hydrogen-bond acceptors (Lipinski definition) is 4. The van der Waals surface area contributed by atoms with E-state index in [9.17, 15) is 4.79 Å². The third kappa shape index (κ3) is 3.89. The second kappa shape index (κ2) is 7.20. The number of carbonyl (C=O) groups is 1. The first-order valence-corrected chi connectivity index (χ1v) is 9.59. The molecule has 1 aromatic rings. The van der Waals surface area contributed by atoms with Gasteiger partial charge >= 0.3 is 6.03 Å². The van der Waals surface area contributed by atoms with Crippen molar-refractivity contribution in [1.29, 1.82) is 0 Å². The number of carbonyl (C=O) groups excluding carboxylic acids is 1. The minimum atomic E-state index is -0.110. The maximum Gasteiger partial charge on any atom is 0.319 e. The van der Waals surface area contributed by atoms with E-state index in [0.717, 1.165) is 63.5 Å². The molecule has 0 atom stereocenters. The molecule has 0 unspecified atom stereocenters. The summed E-state index contributed by atoms with van der Waals surface area (Å²) < 4.78 is 5.36. The van der Waals surface area contributed by atoms with Gasteiger partial charge in [0.1, 0.15) is 5.82 Å². The maximum absolute atomic E-state index is 12.3. The van der Waals surface area contributed by atoms with Crippen LogP contribution < -0.4 is 15.5 Å². The zero-order chi connectivity index (χ0) is 17.1. The third-order valence-corrected chi connectivity index (χ3v) is 5.88. The molecule has 136 valence electrons. The van der Waals surface area contributed by atoms with E-state index in [1.165, 1.54) is 19.3 Å². The zero-order valence-corrected chi connectivity index (χ0v) is 14.8. The van der Waals surface area contributed by atoms with Crippen LogP contribution in [0.5, 0.6) is 0 Å². The number of nitrogens with one attached hydrogen (secondary N) is 2. The highest BCUT2D eigenvalue weighted by molar-refractivity contribution is 5.89. The molecule has 1 spiro atoms. The molecule has 6 heteroatoms. The van der Waals surface area contributed by atoms with E-state index in [2.05, 4.69) is 20.5 Å². The van der Waals surface area contributed by atoms with Crippen molar-refractivity contribution < 1.29 is 9.53 Å². The Labute approximate surface area is 149 Å². The maximum atomic E-state index is 12.3. The number of anilines is 2. The molecule has 4 rings (SSSR count). The highest BCUT2D eigenvalue weighted by Crippen LogP contribution is 2.42. The lowest BCUT2D eigenvalue weighted by Gasteiger charge is -2.46. The lowest BCUT2D eigenvalue weighted by Crippen LogP contribution is -2.49. The van der Waals surface area contributed by atoms with Gasteiger partial charge in [0.25, 0.3) is 0 Å². The first kappa shape index (κ1) is 16.6. The van der Waals surface area contributed by atoms with E-state index in [0.29, 0.717) is 5.41 Å². The van der Waals surface area contributed by atoms with Gasteiger partial charge in [0, 0.05) is 42.5 Å². The molecule has 1 aliphatic carbocycles. The zero-order valence-electron chi connectivity index (χ0n) is 14.8. The van der Waals surface area contributed by atoms with Crippen molar-refractivity contribution in [3.63, 3.8) is 0 Å². The van der Waals surface area contributed by atoms with Crippen molar-refractivity contribution in [3.05, 3.63) is 18.3 Å². The number of aromatic nitrogens is 1. The molecule has 1 saturated carbocycles. The molecular weight excluding hydrogens is 316 g/mol. The van der Waals surface area contributed by atoms with Crippen molar-refractivity contribution in [2.45, 2.75) is 51.0 Å². The SMILES string of the molecule is O=C(Nc1ccnc(N2CCCCC2)c1)NC1CCC2(CC1)COC2. The molecular formula is C19H28N4O2. The number of rotatable bonds is 3. The first-order chi connectivity index (χ1) is 12.2. The minimum absolute atomic E-state index is 0.110. The van der Waals surface area contributed by atoms with E-state index < -0.39 is 0 Å². The molecule has 3 fully saturated rings. The fourth-order valence-corrected chi connectivity index (χ4v) is 4.20. The summed E-state index contributed by atoms with van der Waals surface area (Å²) in [6.45, 7) is 3.91. The van der Waals surface area contributed by atoms with Gasteiger partial charge in [-0.15, -0.1) is 0 Å². The molecule has 0 bridgehead atoms. The van der Waals surface area contributed by atoms with Crippen LogP contribution in [-0.2, 0) is 4.74 Å². The van der Waals surface area contributed by atoms with E-state index >= 15 is 0 Å². The lowest BCUT2D eigenvalue weighted by atomic mass is 9.71. The fourth-order valence-electron chi connectivity index (χ4n) is 4.20. The Morgan fingerprint density at radius 3 is 2.64 bits per heavy atom. The molecule has 3 aliphatic rings. The third-order valence-electron chi connectivity index (χ3n) is 5.88. The number of pyridine rings is 1. The van der Waals surface area contributed by atoms with Crippen LogP contribution in [0.25, 0.3) is 0 Å². The fraction of sp³-hybridized carbons (Fsp3) is 0.684. The Balaban J connectivity index is 1.29. The summed E-state index contributed by atoms with van der Waals surface area (Å²) in [6, 6.07) is 4.00. The average molecular weight is 344 g/mol. The van der Waals surface area contributed by atoms with Gasteiger partial charge in [0.15, 0.2) is 0 Å². The minimum Gasteiger partial charge on any atom is -0.380 e. The van der Waals surface area contributed by atoms with Crippen LogP contribution in [0, 0.1) is 5.41 Å². The lowest BCUT2D eigenvalue weighted by molar-refractivity contribution is -0.133. The van der Waals surface area contributed by atoms with Crippen LogP contribution in [0.1, 0.15) is 44.9 Å². The molecule has 3 heterocycles. The molecule has 2 saturated heterocycles. The largest absolute Gasteiger partial charge is 0.380 e. The summed E-state index contributed by atoms with van der Waals surface area (Å²) in [7, 11) is 0. The first-order valence-electron chi connectivity index (χ1n) is 9.59. The Bertz CT molecular complexity index is 601. The average Bonchev–Trinajstić information content (AvgIpc) is 2.62. The van der Waals surface area contributed by atoms with Crippen LogP contribution in [-0.4, -0.2) is 43.4 Å². The van der Waals surface area contributed by atoms with Crippen LogP contribution >= 0.6 is 0 Å². The number of piperidine rings is 1. The van der Waals surface area contributed by atoms with Gasteiger partial charge in [-0.05, 0) is 51.0 Å². The second-order valence-corrected chi connectivity index (χ2v) is 7.82. The molecule has 0 radical (unpaired) electrons. The van der Waals surface area contributed by atoms with E-state index in [1.54, 1.807) is 6.20 Å². The second-order valence-electron chi connectivity index (χ2n) is 7.82. The molecule has 25 heavy (non-hydrogen) atoms. The van der Waals surface area contributed by atoms with Crippen LogP contribution in [0.4, 0.5) is 16.3 Å². The number of hydrogen-bond donors (Lipinski definition) is 2. The molecule has 2 N–H and O–H groups in total. The topological polar surface area (TPSA) is 66.5 Å². The van der Waals surface area contributed by atoms with Crippen LogP contribution in [0.3, 0.4) is 0 Å². The quantitative estimate of drug-likeness (QED) is 0.884. The van der Waals surface area contributed by atoms with Crippen molar-refractivity contribution in [2.24, 2.45) is 5.41 Å². The number of nitrogens with zero attached hydrogens (tertiary/aromatic N) is 2. The molecule has 6 nitrogen and oxygen atoms in total. The smallest absolute Gasteiger partial charge is 0.319 e. The van der Waals surface area contributed by atoms with Crippen molar-refractivity contribution in [1.82, 2.24) is 10.3 Å². The number of ether oxygens (including phenoxy) is 1. The van der Waals surface area contributed by atoms with Crippen molar-refractivity contribution in [3.8, 4) is 0 Å². The van der Waals surface area contributed by atoms with Crippen molar-refractivity contribution in [2.75, 3.05) is 36.5 Å². The molecule has 0 aromatic carbocycles. The summed E-state index contributed by atoms with van der Waals surface area (Å²) in [4.78, 5) is 19.1. The van der Waals surface area contributed by atoms with E-state index in [1.807, 2.05) is 12.1 Å². The van der Waals surface area contributed by atoms with E-state index in [-0.39, 0.29) is 12.1 Å². The van der Waals surface area contributed by atoms with Gasteiger partial charge in [0.05, 0.1) is 13.2 Å². The number of amides is 2. The molecule has 2 amide bonds. The molecule has 2 aliphatic heterocycles. The predicted octanol–water partition coefficient (Wildman–Crippen LogP) is 3.15. The Hall–Kier alpha value is -1.82. The van der Waals surface area contributed by atoms with Gasteiger partial charge in [-0.3, -0.25) is 0 Å². The summed E-state index contributed by atoms with van der Waals surface area (Å²) in [5.41, 5.74) is 1.23. The molecule has 1 aromatic heterocycles. The summed E-state index contributed by atoms with van der Waals surface area (Å²) in [5.74, 6) is 0.960. The van der Waals surface area contributed by atoms with Gasteiger partial charge < -0.3 is 20.3 Å². The van der Waals surface area contributed by atoms with Gasteiger partial charge in [-0.25, -0.2) is 9.78 Å². The number of urea groups is 1. The van der Waals surface area contributed by atoms with Gasteiger partial charge in [0.2, 0.25) is 0 Å². The van der Waals surface area contributed by atoms with Gasteiger partial charge in [-0.2, -0.15) is 0 Å². The van der Waals surface area contributed by atoms with Crippen LogP contribution in [0.15, 0.2) is 18.3 Å². The van der Waals surface area contributed by atoms with Gasteiger partial charge in [-0.1, -0.05) is 0 Å². The highest BCUT2D eigenvalue weighted by Gasteiger charge is 2.41. The summed E-state index contributed by atoms with van der Waals surface area (Å²) in [6.07, 6.45) is 9.92. The monoisotopic (exact) mass is 344 g/mol. The Morgan fingerprint density at radius 2 is 1.96 bits per heavy atom. The standard InChI is InChI=1S/C19H28N4O2/c24-18(21-15-4-7-19(8-5-15)13-25-14-19)22-16-6-9-20-17(12-16)23-10-2-1-3-11-23/h6,9,12,15H,1-5,7-8,10-11,13-14H2,(H2,20,21,22,24). The highest BCUT2D eigenvalue weighted by atomic mass is 16.5. The predicted molar refractivity (Wildman–Crippen MR) is 98.0 cm³/mol. The van der Waals surface area contributed by atoms with E-state index in [4.69, 9.17) is 4.74 Å². The Morgan fingerprint density at radius 1 is 1.20 bits per heavy atom. The van der Waals surface area contributed by atoms with Crippen molar-refractivity contribution >= 4 is 17.5 Å². The summed E-state index contributed by atoms with van der Waals surface area (Å²) >= 11 is 0. The normalized spacial score (nSPS) is 23.1. The summed E-state index contributed by atoms with van der Waals surface area (Å²) in [5, 5.41) is 6.10. The Kier molecular flexibility index (Phi) is 4.79.